The zero-order chi connectivity index (χ0) is 6.69. The highest BCUT2D eigenvalue weighted by Gasteiger charge is 2.26. The van der Waals surface area contributed by atoms with Gasteiger partial charge in [0, 0.05) is 6.04 Å². The second kappa shape index (κ2) is 2.89. The molecule has 1 N–H and O–H groups in total. The van der Waals surface area contributed by atoms with E-state index in [0.717, 1.165) is 12.5 Å². The average molecular weight is 123 g/mol. The van der Waals surface area contributed by atoms with Gasteiger partial charge in [-0.3, -0.25) is 0 Å². The largest absolute Gasteiger partial charge is 0.303 e. The van der Waals surface area contributed by atoms with Gasteiger partial charge in [0.1, 0.15) is 0 Å². The minimum Gasteiger partial charge on any atom is -0.303 e. The van der Waals surface area contributed by atoms with E-state index in [1.54, 1.807) is 0 Å². The van der Waals surface area contributed by atoms with Gasteiger partial charge in [-0.2, -0.15) is 0 Å². The van der Waals surface area contributed by atoms with Crippen molar-refractivity contribution >= 4 is 0 Å². The summed E-state index contributed by atoms with van der Waals surface area (Å²) in [4.78, 5) is 0. The standard InChI is InChI=1S/C8H13N/c1-3-6-9-7(2)8-4-5-8/h1,7-9H,4-6H2,2H3. The Hall–Kier alpha value is -0.480. The van der Waals surface area contributed by atoms with Gasteiger partial charge in [-0.1, -0.05) is 5.92 Å². The lowest BCUT2D eigenvalue weighted by molar-refractivity contribution is 0.528. The normalized spacial score (nSPS) is 20.9. The molecule has 0 aliphatic heterocycles. The highest BCUT2D eigenvalue weighted by molar-refractivity contribution is 4.91. The predicted octanol–water partition coefficient (Wildman–Crippen LogP) is 1.01. The van der Waals surface area contributed by atoms with Crippen LogP contribution in [0.25, 0.3) is 0 Å². The first-order valence-electron chi connectivity index (χ1n) is 3.51. The van der Waals surface area contributed by atoms with Gasteiger partial charge in [-0.15, -0.1) is 6.42 Å². The molecular formula is C8H13N. The molecule has 1 nitrogen and oxygen atoms in total. The van der Waals surface area contributed by atoms with E-state index in [2.05, 4.69) is 18.2 Å². The highest BCUT2D eigenvalue weighted by Crippen LogP contribution is 2.31. The zero-order valence-corrected chi connectivity index (χ0v) is 5.85. The maximum Gasteiger partial charge on any atom is 0.0575 e. The van der Waals surface area contributed by atoms with Gasteiger partial charge < -0.3 is 5.32 Å². The van der Waals surface area contributed by atoms with E-state index in [-0.39, 0.29) is 0 Å². The van der Waals surface area contributed by atoms with Crippen LogP contribution in [-0.2, 0) is 0 Å². The Morgan fingerprint density at radius 3 is 2.89 bits per heavy atom. The zero-order valence-electron chi connectivity index (χ0n) is 5.85. The van der Waals surface area contributed by atoms with Crippen LogP contribution in [0.15, 0.2) is 0 Å². The van der Waals surface area contributed by atoms with Crippen molar-refractivity contribution in [1.82, 2.24) is 5.32 Å². The van der Waals surface area contributed by atoms with Crippen molar-refractivity contribution in [2.45, 2.75) is 25.8 Å². The molecule has 0 aromatic carbocycles. The minimum absolute atomic E-state index is 0.640. The van der Waals surface area contributed by atoms with Crippen LogP contribution in [0.5, 0.6) is 0 Å². The van der Waals surface area contributed by atoms with Crippen molar-refractivity contribution in [1.29, 1.82) is 0 Å². The molecule has 1 aliphatic carbocycles. The summed E-state index contributed by atoms with van der Waals surface area (Å²) in [6, 6.07) is 0.640. The van der Waals surface area contributed by atoms with E-state index in [0.29, 0.717) is 6.04 Å². The summed E-state index contributed by atoms with van der Waals surface area (Å²) in [6.07, 6.45) is 7.86. The second-order valence-corrected chi connectivity index (χ2v) is 2.71. The molecule has 1 unspecified atom stereocenters. The molecule has 1 heteroatoms. The van der Waals surface area contributed by atoms with Crippen molar-refractivity contribution in [3.63, 3.8) is 0 Å². The summed E-state index contributed by atoms with van der Waals surface area (Å²) in [6.45, 7) is 2.92. The molecule has 1 aliphatic rings. The Labute approximate surface area is 56.8 Å². The van der Waals surface area contributed by atoms with Gasteiger partial charge in [0.25, 0.3) is 0 Å². The van der Waals surface area contributed by atoms with Crippen LogP contribution >= 0.6 is 0 Å². The number of terminal acetylenes is 1. The summed E-state index contributed by atoms with van der Waals surface area (Å²) in [5.74, 6) is 3.49. The Bertz CT molecular complexity index is 119. The van der Waals surface area contributed by atoms with Crippen molar-refractivity contribution in [3.05, 3.63) is 0 Å². The lowest BCUT2D eigenvalue weighted by atomic mass is 10.2. The minimum atomic E-state index is 0.640. The highest BCUT2D eigenvalue weighted by atomic mass is 14.9. The fraction of sp³-hybridized carbons (Fsp3) is 0.750. The van der Waals surface area contributed by atoms with Crippen molar-refractivity contribution < 1.29 is 0 Å². The molecule has 1 atom stereocenters. The number of hydrogen-bond donors (Lipinski definition) is 1. The first-order valence-corrected chi connectivity index (χ1v) is 3.51. The summed E-state index contributed by atoms with van der Waals surface area (Å²) in [5, 5.41) is 3.26. The molecule has 1 saturated carbocycles. The van der Waals surface area contributed by atoms with E-state index in [9.17, 15) is 0 Å². The fourth-order valence-electron chi connectivity index (χ4n) is 0.983. The molecule has 50 valence electrons. The Morgan fingerprint density at radius 1 is 1.78 bits per heavy atom. The molecule has 0 bridgehead atoms. The predicted molar refractivity (Wildman–Crippen MR) is 39.0 cm³/mol. The van der Waals surface area contributed by atoms with Crippen molar-refractivity contribution in [3.8, 4) is 12.3 Å². The van der Waals surface area contributed by atoms with Gasteiger partial charge in [0.2, 0.25) is 0 Å². The number of rotatable bonds is 3. The van der Waals surface area contributed by atoms with Gasteiger partial charge in [0.05, 0.1) is 6.54 Å². The van der Waals surface area contributed by atoms with E-state index in [4.69, 9.17) is 6.42 Å². The number of nitrogens with one attached hydrogen (secondary N) is 1. The number of hydrogen-bond acceptors (Lipinski definition) is 1. The monoisotopic (exact) mass is 123 g/mol. The molecular weight excluding hydrogens is 110 g/mol. The van der Waals surface area contributed by atoms with Gasteiger partial charge >= 0.3 is 0 Å². The van der Waals surface area contributed by atoms with E-state index >= 15 is 0 Å². The lowest BCUT2D eigenvalue weighted by Crippen LogP contribution is -2.27. The van der Waals surface area contributed by atoms with E-state index < -0.39 is 0 Å². The molecule has 0 heterocycles. The third-order valence-corrected chi connectivity index (χ3v) is 1.86. The molecule has 9 heavy (non-hydrogen) atoms. The van der Waals surface area contributed by atoms with E-state index in [1.165, 1.54) is 12.8 Å². The van der Waals surface area contributed by atoms with Gasteiger partial charge in [-0.05, 0) is 25.7 Å². The summed E-state index contributed by atoms with van der Waals surface area (Å²) in [5.41, 5.74) is 0. The Balaban J connectivity index is 2.04. The molecule has 1 rings (SSSR count). The topological polar surface area (TPSA) is 12.0 Å². The third kappa shape index (κ3) is 2.07. The van der Waals surface area contributed by atoms with Crippen LogP contribution in [-0.4, -0.2) is 12.6 Å². The fourth-order valence-corrected chi connectivity index (χ4v) is 0.983. The molecule has 0 aromatic heterocycles. The first kappa shape index (κ1) is 6.64. The van der Waals surface area contributed by atoms with Crippen LogP contribution in [0.2, 0.25) is 0 Å². The molecule has 0 aromatic rings. The van der Waals surface area contributed by atoms with Gasteiger partial charge in [0.15, 0.2) is 0 Å². The SMILES string of the molecule is C#CCNC(C)C1CC1. The Morgan fingerprint density at radius 2 is 2.44 bits per heavy atom. The molecule has 0 radical (unpaired) electrons. The van der Waals surface area contributed by atoms with Crippen LogP contribution in [0.3, 0.4) is 0 Å². The smallest absolute Gasteiger partial charge is 0.0575 e. The summed E-state index contributed by atoms with van der Waals surface area (Å²) < 4.78 is 0. The maximum atomic E-state index is 5.08. The quantitative estimate of drug-likeness (QED) is 0.552. The second-order valence-electron chi connectivity index (χ2n) is 2.71. The van der Waals surface area contributed by atoms with Crippen LogP contribution in [0.4, 0.5) is 0 Å². The van der Waals surface area contributed by atoms with Crippen molar-refractivity contribution in [2.75, 3.05) is 6.54 Å². The molecule has 1 fully saturated rings. The van der Waals surface area contributed by atoms with Crippen LogP contribution in [0, 0.1) is 18.3 Å². The first-order chi connectivity index (χ1) is 4.34. The molecule has 0 amide bonds. The van der Waals surface area contributed by atoms with Crippen molar-refractivity contribution in [2.24, 2.45) is 5.92 Å². The maximum absolute atomic E-state index is 5.08. The summed E-state index contributed by atoms with van der Waals surface area (Å²) >= 11 is 0. The molecule has 0 spiro atoms. The van der Waals surface area contributed by atoms with Crippen LogP contribution < -0.4 is 5.32 Å². The average Bonchev–Trinajstić information content (AvgIpc) is 2.63. The Kier molecular flexibility index (Phi) is 2.13. The van der Waals surface area contributed by atoms with Crippen LogP contribution in [0.1, 0.15) is 19.8 Å². The lowest BCUT2D eigenvalue weighted by Gasteiger charge is -2.08. The molecule has 0 saturated heterocycles. The van der Waals surface area contributed by atoms with Gasteiger partial charge in [-0.25, -0.2) is 0 Å². The summed E-state index contributed by atoms with van der Waals surface area (Å²) in [7, 11) is 0. The third-order valence-electron chi connectivity index (χ3n) is 1.86. The van der Waals surface area contributed by atoms with E-state index in [1.807, 2.05) is 0 Å².